The highest BCUT2D eigenvalue weighted by Crippen LogP contribution is 2.53. The molecule has 4 heteroatoms. The second-order valence-corrected chi connectivity index (χ2v) is 9.11. The summed E-state index contributed by atoms with van der Waals surface area (Å²) in [5, 5.41) is 3.33. The minimum Gasteiger partial charge on any atom is -0.351 e. The van der Waals surface area contributed by atoms with Gasteiger partial charge < -0.3 is 10.2 Å². The lowest BCUT2D eigenvalue weighted by molar-refractivity contribution is -0.134. The second-order valence-electron chi connectivity index (χ2n) is 9.11. The van der Waals surface area contributed by atoms with Crippen molar-refractivity contribution in [2.24, 2.45) is 23.7 Å². The Bertz CT molecular complexity index is 673. The molecule has 1 saturated heterocycles. The van der Waals surface area contributed by atoms with Crippen molar-refractivity contribution in [1.82, 2.24) is 10.2 Å². The van der Waals surface area contributed by atoms with Crippen LogP contribution in [0.3, 0.4) is 0 Å². The largest absolute Gasteiger partial charge is 0.351 e. The summed E-state index contributed by atoms with van der Waals surface area (Å²) in [7, 11) is 0. The van der Waals surface area contributed by atoms with E-state index >= 15 is 0 Å². The molecule has 0 aromatic heterocycles. The average Bonchev–Trinajstić information content (AvgIpc) is 2.99. The second kappa shape index (κ2) is 6.40. The summed E-state index contributed by atoms with van der Waals surface area (Å²) in [4.78, 5) is 26.8. The molecule has 5 fully saturated rings. The van der Waals surface area contributed by atoms with Crippen molar-refractivity contribution >= 4 is 11.8 Å². The number of hydrogen-bond donors (Lipinski definition) is 1. The van der Waals surface area contributed by atoms with Gasteiger partial charge in [-0.3, -0.25) is 9.59 Å². The molecule has 1 N–H and O–H groups in total. The zero-order valence-electron chi connectivity index (χ0n) is 15.3. The minimum absolute atomic E-state index is 0.0459. The molecule has 6 rings (SSSR count). The number of nitrogens with zero attached hydrogens (tertiary/aromatic N) is 1. The molecule has 1 aromatic carbocycles. The van der Waals surface area contributed by atoms with E-state index in [2.05, 4.69) is 17.4 Å². The van der Waals surface area contributed by atoms with Crippen molar-refractivity contribution < 1.29 is 9.59 Å². The Labute approximate surface area is 155 Å². The highest BCUT2D eigenvalue weighted by molar-refractivity contribution is 5.86. The first-order chi connectivity index (χ1) is 12.7. The summed E-state index contributed by atoms with van der Waals surface area (Å²) >= 11 is 0. The zero-order valence-corrected chi connectivity index (χ0v) is 15.3. The topological polar surface area (TPSA) is 49.4 Å². The molecule has 26 heavy (non-hydrogen) atoms. The Balaban J connectivity index is 1.19. The Kier molecular flexibility index (Phi) is 4.02. The fourth-order valence-corrected chi connectivity index (χ4v) is 6.44. The maximum Gasteiger partial charge on any atom is 0.239 e. The predicted octanol–water partition coefficient (Wildman–Crippen LogP) is 2.94. The molecule has 0 unspecified atom stereocenters. The van der Waals surface area contributed by atoms with Gasteiger partial charge in [0, 0.05) is 24.9 Å². The number of carbonyl (C=O) groups is 2. The van der Waals surface area contributed by atoms with Gasteiger partial charge in [-0.1, -0.05) is 30.3 Å². The van der Waals surface area contributed by atoms with Gasteiger partial charge in [-0.05, 0) is 61.3 Å². The first-order valence-corrected chi connectivity index (χ1v) is 10.3. The summed E-state index contributed by atoms with van der Waals surface area (Å²) in [5.41, 5.74) is 1.20. The van der Waals surface area contributed by atoms with Gasteiger partial charge in [-0.15, -0.1) is 0 Å². The third-order valence-corrected chi connectivity index (χ3v) is 7.37. The smallest absolute Gasteiger partial charge is 0.239 e. The van der Waals surface area contributed by atoms with Crippen LogP contribution in [0.1, 0.15) is 50.0 Å². The number of amides is 2. The van der Waals surface area contributed by atoms with Crippen molar-refractivity contribution in [3.63, 3.8) is 0 Å². The lowest BCUT2D eigenvalue weighted by Gasteiger charge is -2.54. The van der Waals surface area contributed by atoms with Crippen molar-refractivity contribution in [1.29, 1.82) is 0 Å². The SMILES string of the molecule is O=C(CN1C[C@H](c2ccccc2)CC1=O)NC1C2CC3CC(C2)CC1C3. The lowest BCUT2D eigenvalue weighted by Crippen LogP contribution is -2.57. The van der Waals surface area contributed by atoms with Crippen molar-refractivity contribution in [2.45, 2.75) is 50.5 Å². The van der Waals surface area contributed by atoms with Crippen LogP contribution < -0.4 is 5.32 Å². The van der Waals surface area contributed by atoms with Crippen LogP contribution in [-0.2, 0) is 9.59 Å². The summed E-state index contributed by atoms with van der Waals surface area (Å²) < 4.78 is 0. The Morgan fingerprint density at radius 3 is 2.31 bits per heavy atom. The fraction of sp³-hybridized carbons (Fsp3) is 0.636. The summed E-state index contributed by atoms with van der Waals surface area (Å²) in [6.07, 6.45) is 7.16. The molecule has 5 aliphatic rings. The Morgan fingerprint density at radius 1 is 1.00 bits per heavy atom. The maximum atomic E-state index is 12.7. The molecule has 1 aromatic rings. The quantitative estimate of drug-likeness (QED) is 0.906. The van der Waals surface area contributed by atoms with Crippen LogP contribution in [0.2, 0.25) is 0 Å². The van der Waals surface area contributed by atoms with E-state index in [0.717, 1.165) is 11.8 Å². The highest BCUT2D eigenvalue weighted by atomic mass is 16.2. The molecule has 1 aliphatic heterocycles. The number of rotatable bonds is 4. The third-order valence-electron chi connectivity index (χ3n) is 7.37. The molecule has 138 valence electrons. The monoisotopic (exact) mass is 352 g/mol. The minimum atomic E-state index is 0.0459. The van der Waals surface area contributed by atoms with Gasteiger partial charge in [-0.25, -0.2) is 0 Å². The van der Waals surface area contributed by atoms with Crippen molar-refractivity contribution in [3.05, 3.63) is 35.9 Å². The van der Waals surface area contributed by atoms with Crippen LogP contribution in [0.5, 0.6) is 0 Å². The summed E-state index contributed by atoms with van der Waals surface area (Å²) in [5.74, 6) is 3.57. The molecule has 1 heterocycles. The average molecular weight is 352 g/mol. The van der Waals surface area contributed by atoms with Gasteiger partial charge in [0.2, 0.25) is 11.8 Å². The van der Waals surface area contributed by atoms with Gasteiger partial charge in [0.15, 0.2) is 0 Å². The number of hydrogen-bond acceptors (Lipinski definition) is 2. The standard InChI is InChI=1S/C22H28N2O2/c25-20(23-22-17-7-14-6-15(9-17)10-18(22)8-14)13-24-12-19(11-21(24)26)16-4-2-1-3-5-16/h1-5,14-15,17-19,22H,6-13H2,(H,23,25)/t14?,15?,17?,18?,19-,22?/m1/s1. The van der Waals surface area contributed by atoms with Gasteiger partial charge in [0.05, 0.1) is 6.54 Å². The number of benzene rings is 1. The summed E-state index contributed by atoms with van der Waals surface area (Å²) in [6, 6.07) is 10.5. The molecule has 4 nitrogen and oxygen atoms in total. The third kappa shape index (κ3) is 2.93. The van der Waals surface area contributed by atoms with Crippen LogP contribution in [0.4, 0.5) is 0 Å². The van der Waals surface area contributed by atoms with Crippen LogP contribution in [-0.4, -0.2) is 35.8 Å². The number of carbonyl (C=O) groups excluding carboxylic acids is 2. The van der Waals surface area contributed by atoms with E-state index < -0.39 is 0 Å². The fourth-order valence-electron chi connectivity index (χ4n) is 6.44. The van der Waals surface area contributed by atoms with Crippen LogP contribution in [0.15, 0.2) is 30.3 Å². The first kappa shape index (κ1) is 16.3. The van der Waals surface area contributed by atoms with Gasteiger partial charge in [0.25, 0.3) is 0 Å². The molecular formula is C22H28N2O2. The molecule has 4 aliphatic carbocycles. The predicted molar refractivity (Wildman–Crippen MR) is 99.4 cm³/mol. The normalized spacial score (nSPS) is 38.0. The Hall–Kier alpha value is -1.84. The maximum absolute atomic E-state index is 12.7. The zero-order chi connectivity index (χ0) is 17.7. The van der Waals surface area contributed by atoms with Gasteiger partial charge in [0.1, 0.15) is 0 Å². The molecule has 2 amide bonds. The van der Waals surface area contributed by atoms with E-state index in [9.17, 15) is 9.59 Å². The van der Waals surface area contributed by atoms with Crippen molar-refractivity contribution in [2.75, 3.05) is 13.1 Å². The van der Waals surface area contributed by atoms with E-state index in [4.69, 9.17) is 0 Å². The molecule has 0 radical (unpaired) electrons. The van der Waals surface area contributed by atoms with E-state index in [1.165, 1.54) is 37.7 Å². The highest BCUT2D eigenvalue weighted by Gasteiger charge is 2.48. The van der Waals surface area contributed by atoms with E-state index in [-0.39, 0.29) is 24.3 Å². The van der Waals surface area contributed by atoms with E-state index in [0.29, 0.717) is 30.8 Å². The number of likely N-dealkylation sites (tertiary alicyclic amines) is 1. The van der Waals surface area contributed by atoms with Crippen molar-refractivity contribution in [3.8, 4) is 0 Å². The molecule has 4 bridgehead atoms. The van der Waals surface area contributed by atoms with Crippen LogP contribution in [0, 0.1) is 23.7 Å². The van der Waals surface area contributed by atoms with Gasteiger partial charge in [-0.2, -0.15) is 0 Å². The summed E-state index contributed by atoms with van der Waals surface area (Å²) in [6.45, 7) is 0.892. The van der Waals surface area contributed by atoms with Crippen LogP contribution >= 0.6 is 0 Å². The molecular weight excluding hydrogens is 324 g/mol. The van der Waals surface area contributed by atoms with Crippen LogP contribution in [0.25, 0.3) is 0 Å². The number of nitrogens with one attached hydrogen (secondary N) is 1. The lowest BCUT2D eigenvalue weighted by atomic mass is 9.54. The Morgan fingerprint density at radius 2 is 1.65 bits per heavy atom. The molecule has 0 spiro atoms. The first-order valence-electron chi connectivity index (χ1n) is 10.3. The molecule has 1 atom stereocenters. The molecule has 4 saturated carbocycles. The van der Waals surface area contributed by atoms with Gasteiger partial charge >= 0.3 is 0 Å². The van der Waals surface area contributed by atoms with E-state index in [1.807, 2.05) is 18.2 Å². The van der Waals surface area contributed by atoms with E-state index in [1.54, 1.807) is 4.90 Å².